The predicted octanol–water partition coefficient (Wildman–Crippen LogP) is 0.864. The lowest BCUT2D eigenvalue weighted by molar-refractivity contribution is -0.147. The van der Waals surface area contributed by atoms with E-state index in [1.165, 1.54) is 0 Å². The number of nitrogens with zero attached hydrogens (tertiary/aromatic N) is 1. The third kappa shape index (κ3) is 1.67. The van der Waals surface area contributed by atoms with Crippen molar-refractivity contribution in [2.45, 2.75) is 12.8 Å². The highest BCUT2D eigenvalue weighted by atomic mass is 35.5. The number of amides is 1. The van der Waals surface area contributed by atoms with Crippen LogP contribution in [-0.2, 0) is 9.53 Å². The zero-order chi connectivity index (χ0) is 9.31. The maximum atomic E-state index is 11.2. The van der Waals surface area contributed by atoms with Crippen LogP contribution in [0, 0.1) is 5.41 Å². The maximum absolute atomic E-state index is 11.2. The average molecular weight is 204 g/mol. The maximum Gasteiger partial charge on any atom is 0.237 e. The number of hydrogen-bond donors (Lipinski definition) is 0. The summed E-state index contributed by atoms with van der Waals surface area (Å²) < 4.78 is 5.29. The second-order valence-electron chi connectivity index (χ2n) is 4.00. The molecule has 3 nitrogen and oxygen atoms in total. The minimum absolute atomic E-state index is 0.0683. The van der Waals surface area contributed by atoms with Crippen LogP contribution in [0.2, 0.25) is 0 Å². The van der Waals surface area contributed by atoms with E-state index >= 15 is 0 Å². The van der Waals surface area contributed by atoms with E-state index in [0.717, 1.165) is 39.1 Å². The van der Waals surface area contributed by atoms with Gasteiger partial charge in [-0.05, 0) is 12.8 Å². The number of alkyl halides is 1. The number of carbonyl (C=O) groups is 1. The molecule has 0 aromatic carbocycles. The molecule has 2 heterocycles. The fourth-order valence-electron chi connectivity index (χ4n) is 2.14. The SMILES string of the molecule is O=C(CCl)N1CC2(CCOCC2)C1. The first-order valence-electron chi connectivity index (χ1n) is 4.67. The van der Waals surface area contributed by atoms with Crippen LogP contribution in [0.25, 0.3) is 0 Å². The first-order chi connectivity index (χ1) is 6.26. The Morgan fingerprint density at radius 1 is 1.38 bits per heavy atom. The number of carbonyl (C=O) groups excluding carboxylic acids is 1. The van der Waals surface area contributed by atoms with Crippen molar-refractivity contribution in [2.24, 2.45) is 5.41 Å². The van der Waals surface area contributed by atoms with E-state index < -0.39 is 0 Å². The molecule has 0 bridgehead atoms. The van der Waals surface area contributed by atoms with Gasteiger partial charge in [0.1, 0.15) is 5.88 Å². The number of ether oxygens (including phenoxy) is 1. The molecule has 0 atom stereocenters. The van der Waals surface area contributed by atoms with Crippen molar-refractivity contribution >= 4 is 17.5 Å². The minimum Gasteiger partial charge on any atom is -0.381 e. The molecule has 1 amide bonds. The van der Waals surface area contributed by atoms with E-state index in [1.54, 1.807) is 0 Å². The topological polar surface area (TPSA) is 29.5 Å². The first-order valence-corrected chi connectivity index (χ1v) is 5.21. The standard InChI is InChI=1S/C9H14ClNO2/c10-5-8(12)11-6-9(7-11)1-3-13-4-2-9/h1-7H2. The van der Waals surface area contributed by atoms with Crippen LogP contribution in [-0.4, -0.2) is 43.0 Å². The lowest BCUT2D eigenvalue weighted by Gasteiger charge is -2.52. The molecule has 0 aromatic heterocycles. The molecular weight excluding hydrogens is 190 g/mol. The van der Waals surface area contributed by atoms with Gasteiger partial charge in [0.15, 0.2) is 0 Å². The molecule has 2 saturated heterocycles. The number of hydrogen-bond acceptors (Lipinski definition) is 2. The predicted molar refractivity (Wildman–Crippen MR) is 49.8 cm³/mol. The van der Waals surface area contributed by atoms with Gasteiger partial charge in [0.25, 0.3) is 0 Å². The van der Waals surface area contributed by atoms with Crippen LogP contribution in [0.3, 0.4) is 0 Å². The normalized spacial score (nSPS) is 25.8. The summed E-state index contributed by atoms with van der Waals surface area (Å²) >= 11 is 5.47. The van der Waals surface area contributed by atoms with E-state index in [-0.39, 0.29) is 11.8 Å². The van der Waals surface area contributed by atoms with Gasteiger partial charge in [-0.25, -0.2) is 0 Å². The van der Waals surface area contributed by atoms with Gasteiger partial charge in [-0.1, -0.05) is 0 Å². The fraction of sp³-hybridized carbons (Fsp3) is 0.889. The van der Waals surface area contributed by atoms with E-state index in [2.05, 4.69) is 0 Å². The van der Waals surface area contributed by atoms with E-state index in [4.69, 9.17) is 16.3 Å². The van der Waals surface area contributed by atoms with Gasteiger partial charge < -0.3 is 9.64 Å². The molecular formula is C9H14ClNO2. The Bertz CT molecular complexity index is 206. The summed E-state index contributed by atoms with van der Waals surface area (Å²) in [6.45, 7) is 3.48. The number of likely N-dealkylation sites (tertiary alicyclic amines) is 1. The smallest absolute Gasteiger partial charge is 0.237 e. The number of halogens is 1. The summed E-state index contributed by atoms with van der Waals surface area (Å²) in [5.41, 5.74) is 0.375. The molecule has 2 aliphatic rings. The molecule has 0 saturated carbocycles. The highest BCUT2D eigenvalue weighted by molar-refractivity contribution is 6.27. The second kappa shape index (κ2) is 3.46. The van der Waals surface area contributed by atoms with Gasteiger partial charge in [-0.15, -0.1) is 11.6 Å². The molecule has 1 spiro atoms. The van der Waals surface area contributed by atoms with Crippen molar-refractivity contribution in [3.63, 3.8) is 0 Å². The lowest BCUT2D eigenvalue weighted by Crippen LogP contribution is -2.60. The summed E-state index contributed by atoms with van der Waals surface area (Å²) in [5.74, 6) is 0.186. The van der Waals surface area contributed by atoms with Crippen molar-refractivity contribution in [2.75, 3.05) is 32.2 Å². The third-order valence-electron chi connectivity index (χ3n) is 3.07. The summed E-state index contributed by atoms with van der Waals surface area (Å²) in [4.78, 5) is 13.0. The van der Waals surface area contributed by atoms with Crippen molar-refractivity contribution in [3.8, 4) is 0 Å². The van der Waals surface area contributed by atoms with Crippen LogP contribution >= 0.6 is 11.6 Å². The summed E-state index contributed by atoms with van der Waals surface area (Å²) in [6, 6.07) is 0. The molecule has 0 unspecified atom stereocenters. The Morgan fingerprint density at radius 2 is 2.00 bits per heavy atom. The quantitative estimate of drug-likeness (QED) is 0.592. The molecule has 74 valence electrons. The van der Waals surface area contributed by atoms with Gasteiger partial charge in [0.2, 0.25) is 5.91 Å². The zero-order valence-electron chi connectivity index (χ0n) is 7.59. The minimum atomic E-state index is 0.0683. The summed E-state index contributed by atoms with van der Waals surface area (Å²) in [7, 11) is 0. The Labute approximate surface area is 83.0 Å². The second-order valence-corrected chi connectivity index (χ2v) is 4.26. The van der Waals surface area contributed by atoms with Crippen molar-refractivity contribution in [3.05, 3.63) is 0 Å². The average Bonchev–Trinajstić information content (AvgIpc) is 2.14. The highest BCUT2D eigenvalue weighted by Gasteiger charge is 2.45. The molecule has 0 N–H and O–H groups in total. The van der Waals surface area contributed by atoms with Gasteiger partial charge >= 0.3 is 0 Å². The van der Waals surface area contributed by atoms with Gasteiger partial charge in [-0.2, -0.15) is 0 Å². The highest BCUT2D eigenvalue weighted by Crippen LogP contribution is 2.39. The lowest BCUT2D eigenvalue weighted by atomic mass is 9.73. The van der Waals surface area contributed by atoms with Gasteiger partial charge in [0, 0.05) is 31.7 Å². The van der Waals surface area contributed by atoms with E-state index in [9.17, 15) is 4.79 Å². The van der Waals surface area contributed by atoms with Crippen LogP contribution in [0.5, 0.6) is 0 Å². The van der Waals surface area contributed by atoms with Crippen LogP contribution < -0.4 is 0 Å². The molecule has 4 heteroatoms. The number of rotatable bonds is 1. The first kappa shape index (κ1) is 9.28. The fourth-order valence-corrected chi connectivity index (χ4v) is 2.31. The Hall–Kier alpha value is -0.280. The van der Waals surface area contributed by atoms with E-state index in [0.29, 0.717) is 5.41 Å². The van der Waals surface area contributed by atoms with Gasteiger partial charge in [0.05, 0.1) is 0 Å². The van der Waals surface area contributed by atoms with Crippen LogP contribution in [0.15, 0.2) is 0 Å². The third-order valence-corrected chi connectivity index (χ3v) is 3.30. The van der Waals surface area contributed by atoms with Crippen molar-refractivity contribution < 1.29 is 9.53 Å². The van der Waals surface area contributed by atoms with Crippen molar-refractivity contribution in [1.82, 2.24) is 4.90 Å². The molecule has 13 heavy (non-hydrogen) atoms. The molecule has 2 aliphatic heterocycles. The van der Waals surface area contributed by atoms with Gasteiger partial charge in [-0.3, -0.25) is 4.79 Å². The van der Waals surface area contributed by atoms with Crippen LogP contribution in [0.4, 0.5) is 0 Å². The molecule has 0 aliphatic carbocycles. The Kier molecular flexibility index (Phi) is 2.47. The Balaban J connectivity index is 1.85. The monoisotopic (exact) mass is 203 g/mol. The van der Waals surface area contributed by atoms with E-state index in [1.807, 2.05) is 4.90 Å². The van der Waals surface area contributed by atoms with Crippen molar-refractivity contribution in [1.29, 1.82) is 0 Å². The molecule has 2 rings (SSSR count). The molecule has 0 aromatic rings. The molecule has 2 fully saturated rings. The summed E-state index contributed by atoms with van der Waals surface area (Å²) in [5, 5.41) is 0. The Morgan fingerprint density at radius 3 is 2.54 bits per heavy atom. The zero-order valence-corrected chi connectivity index (χ0v) is 8.35. The largest absolute Gasteiger partial charge is 0.381 e. The van der Waals surface area contributed by atoms with Crippen LogP contribution in [0.1, 0.15) is 12.8 Å². The summed E-state index contributed by atoms with van der Waals surface area (Å²) in [6.07, 6.45) is 2.19. The molecule has 0 radical (unpaired) electrons.